The van der Waals surface area contributed by atoms with Crippen molar-refractivity contribution in [2.75, 3.05) is 38.7 Å². The van der Waals surface area contributed by atoms with Crippen LogP contribution < -0.4 is 10.6 Å². The molecule has 15 heteroatoms. The lowest BCUT2D eigenvalue weighted by Gasteiger charge is -2.48. The summed E-state index contributed by atoms with van der Waals surface area (Å²) in [6, 6.07) is 7.43. The first kappa shape index (κ1) is 38.8. The van der Waals surface area contributed by atoms with Crippen LogP contribution >= 0.6 is 11.6 Å². The van der Waals surface area contributed by atoms with Crippen LogP contribution in [0.5, 0.6) is 0 Å². The summed E-state index contributed by atoms with van der Waals surface area (Å²) >= 11 is 6.11. The quantitative estimate of drug-likeness (QED) is 0.246. The molecule has 2 aliphatic rings. The van der Waals surface area contributed by atoms with Crippen molar-refractivity contribution in [3.8, 4) is 0 Å². The Balaban J connectivity index is 1.43. The second-order valence-corrected chi connectivity index (χ2v) is 14.4. The van der Waals surface area contributed by atoms with Gasteiger partial charge in [0.05, 0.1) is 50.0 Å². The van der Waals surface area contributed by atoms with E-state index in [1.807, 2.05) is 0 Å². The summed E-state index contributed by atoms with van der Waals surface area (Å²) in [6.07, 6.45) is 1.72. The number of anilines is 1. The molecule has 2 saturated heterocycles. The number of carbonyl (C=O) groups is 3. The zero-order valence-electron chi connectivity index (χ0n) is 29.3. The zero-order chi connectivity index (χ0) is 37.6. The van der Waals surface area contributed by atoms with Gasteiger partial charge in [-0.05, 0) is 69.0 Å². The van der Waals surface area contributed by atoms with Crippen molar-refractivity contribution in [3.63, 3.8) is 0 Å². The van der Waals surface area contributed by atoms with Gasteiger partial charge in [-0.15, -0.1) is 0 Å². The first-order valence-corrected chi connectivity index (χ1v) is 17.3. The normalized spacial score (nSPS) is 18.3. The monoisotopic (exact) mass is 746 g/mol. The van der Waals surface area contributed by atoms with Crippen LogP contribution in [0, 0.1) is 17.5 Å². The number of hydrogen-bond acceptors (Lipinski definition) is 8. The molecular formula is C37H42ClF3N4O7. The average Bonchev–Trinajstić information content (AvgIpc) is 3.07. The van der Waals surface area contributed by atoms with E-state index in [4.69, 9.17) is 30.5 Å². The standard InChI is InChI=1S/C37H42ClF3N4O7/c1-36(2,3)52-35(48)45-20-27(51-37(21-45)11-13-50-14-12-37)9-10-28-29(41)18-42-19-30(28)43-33(46)32(44-34(47)49-4)31(22-5-7-24(38)8-6-22)23-15-25(39)17-26(40)16-23/h5-8,15-19,27,31-32H,9-14,20-21H2,1-4H3,(H,43,46)(H,44,47)/t27-,31+,32+/m1/s1. The van der Waals surface area contributed by atoms with E-state index < -0.39 is 64.8 Å². The number of benzene rings is 2. The minimum Gasteiger partial charge on any atom is -0.453 e. The third-order valence-electron chi connectivity index (χ3n) is 8.90. The smallest absolute Gasteiger partial charge is 0.410 e. The first-order chi connectivity index (χ1) is 24.6. The number of pyridine rings is 1. The Morgan fingerprint density at radius 3 is 2.35 bits per heavy atom. The van der Waals surface area contributed by atoms with E-state index in [-0.39, 0.29) is 36.2 Å². The molecule has 1 spiro atoms. The van der Waals surface area contributed by atoms with Crippen LogP contribution in [0.2, 0.25) is 5.02 Å². The maximum absolute atomic E-state index is 15.5. The highest BCUT2D eigenvalue weighted by Crippen LogP contribution is 2.35. The SMILES string of the molecule is COC(=O)N[C@H](C(=O)Nc1cncc(F)c1CC[C@@H]1CN(C(=O)OC(C)(C)C)CC2(CCOCC2)O1)[C@@H](c1ccc(Cl)cc1)c1cc(F)cc(F)c1. The third-order valence-corrected chi connectivity index (χ3v) is 9.15. The number of methoxy groups -OCH3 is 1. The molecule has 2 N–H and O–H groups in total. The van der Waals surface area contributed by atoms with E-state index in [9.17, 15) is 23.2 Å². The second-order valence-electron chi connectivity index (χ2n) is 13.9. The molecular weight excluding hydrogens is 705 g/mol. The van der Waals surface area contributed by atoms with Gasteiger partial charge in [0, 0.05) is 48.6 Å². The molecule has 0 bridgehead atoms. The van der Waals surface area contributed by atoms with Gasteiger partial charge in [0.1, 0.15) is 29.1 Å². The Hall–Kier alpha value is -4.40. The fraction of sp³-hybridized carbons (Fsp3) is 0.459. The number of alkyl carbamates (subject to hydrolysis) is 1. The molecule has 3 heterocycles. The van der Waals surface area contributed by atoms with E-state index in [1.54, 1.807) is 37.8 Å². The van der Waals surface area contributed by atoms with E-state index >= 15 is 4.39 Å². The Labute approximate surface area is 305 Å². The van der Waals surface area contributed by atoms with Gasteiger partial charge in [-0.2, -0.15) is 0 Å². The molecule has 1 aromatic heterocycles. The molecule has 2 fully saturated rings. The lowest BCUT2D eigenvalue weighted by atomic mass is 9.84. The van der Waals surface area contributed by atoms with Gasteiger partial charge in [0.15, 0.2) is 0 Å². The summed E-state index contributed by atoms with van der Waals surface area (Å²) in [5.74, 6) is -4.52. The van der Waals surface area contributed by atoms with Gasteiger partial charge in [0.25, 0.3) is 0 Å². The predicted molar refractivity (Wildman–Crippen MR) is 186 cm³/mol. The Bertz CT molecular complexity index is 1730. The van der Waals surface area contributed by atoms with Crippen molar-refractivity contribution >= 4 is 35.4 Å². The van der Waals surface area contributed by atoms with Gasteiger partial charge in [0.2, 0.25) is 5.91 Å². The number of ether oxygens (including phenoxy) is 4. The maximum Gasteiger partial charge on any atom is 0.410 e. The van der Waals surface area contributed by atoms with Gasteiger partial charge in [-0.1, -0.05) is 23.7 Å². The molecule has 11 nitrogen and oxygen atoms in total. The third kappa shape index (κ3) is 9.92. The second kappa shape index (κ2) is 16.5. The van der Waals surface area contributed by atoms with E-state index in [2.05, 4.69) is 15.6 Å². The number of halogens is 4. The largest absolute Gasteiger partial charge is 0.453 e. The molecule has 2 aromatic carbocycles. The van der Waals surface area contributed by atoms with Gasteiger partial charge >= 0.3 is 12.2 Å². The molecule has 3 atom stereocenters. The molecule has 0 unspecified atom stereocenters. The Morgan fingerprint density at radius 2 is 1.71 bits per heavy atom. The lowest BCUT2D eigenvalue weighted by Crippen LogP contribution is -2.59. The summed E-state index contributed by atoms with van der Waals surface area (Å²) < 4.78 is 67.2. The molecule has 2 aliphatic heterocycles. The van der Waals surface area contributed by atoms with Gasteiger partial charge in [-0.25, -0.2) is 22.8 Å². The summed E-state index contributed by atoms with van der Waals surface area (Å²) in [6.45, 7) is 6.81. The fourth-order valence-corrected chi connectivity index (χ4v) is 6.68. The van der Waals surface area contributed by atoms with E-state index in [1.165, 1.54) is 18.3 Å². The first-order valence-electron chi connectivity index (χ1n) is 16.9. The van der Waals surface area contributed by atoms with Gasteiger partial charge in [-0.3, -0.25) is 9.78 Å². The maximum atomic E-state index is 15.5. The number of morpholine rings is 1. The van der Waals surface area contributed by atoms with Crippen molar-refractivity contribution in [3.05, 3.63) is 94.0 Å². The summed E-state index contributed by atoms with van der Waals surface area (Å²) in [5, 5.41) is 5.51. The molecule has 52 heavy (non-hydrogen) atoms. The lowest BCUT2D eigenvalue weighted by molar-refractivity contribution is -0.186. The Kier molecular flexibility index (Phi) is 12.3. The summed E-state index contributed by atoms with van der Waals surface area (Å²) in [4.78, 5) is 45.5. The van der Waals surface area contributed by atoms with Crippen LogP contribution in [0.1, 0.15) is 62.6 Å². The van der Waals surface area contributed by atoms with Gasteiger partial charge < -0.3 is 34.5 Å². The summed E-state index contributed by atoms with van der Waals surface area (Å²) in [7, 11) is 1.10. The fourth-order valence-electron chi connectivity index (χ4n) is 6.55. The van der Waals surface area contributed by atoms with Crippen LogP contribution in [0.3, 0.4) is 0 Å². The number of nitrogens with zero attached hydrogens (tertiary/aromatic N) is 2. The highest BCUT2D eigenvalue weighted by Gasteiger charge is 2.44. The Morgan fingerprint density at radius 1 is 1.04 bits per heavy atom. The van der Waals surface area contributed by atoms with Crippen LogP contribution in [-0.4, -0.2) is 84.7 Å². The van der Waals surface area contributed by atoms with Crippen molar-refractivity contribution in [1.29, 1.82) is 0 Å². The molecule has 3 aromatic rings. The summed E-state index contributed by atoms with van der Waals surface area (Å²) in [5.41, 5.74) is -0.862. The van der Waals surface area contributed by atoms with Crippen LogP contribution in [0.15, 0.2) is 54.9 Å². The predicted octanol–water partition coefficient (Wildman–Crippen LogP) is 6.77. The van der Waals surface area contributed by atoms with Crippen molar-refractivity contribution in [2.45, 2.75) is 75.7 Å². The number of hydrogen-bond donors (Lipinski definition) is 2. The van der Waals surface area contributed by atoms with E-state index in [0.29, 0.717) is 49.3 Å². The van der Waals surface area contributed by atoms with Crippen LogP contribution in [-0.2, 0) is 30.2 Å². The highest BCUT2D eigenvalue weighted by molar-refractivity contribution is 6.30. The number of carbonyl (C=O) groups excluding carboxylic acids is 3. The number of rotatable bonds is 9. The molecule has 0 aliphatic carbocycles. The molecule has 0 saturated carbocycles. The number of nitrogens with one attached hydrogen (secondary N) is 2. The van der Waals surface area contributed by atoms with Crippen molar-refractivity contribution in [1.82, 2.24) is 15.2 Å². The minimum absolute atomic E-state index is 0.00234. The van der Waals surface area contributed by atoms with Crippen molar-refractivity contribution < 1.29 is 46.5 Å². The van der Waals surface area contributed by atoms with Crippen molar-refractivity contribution in [2.24, 2.45) is 0 Å². The average molecular weight is 747 g/mol. The number of aromatic nitrogens is 1. The minimum atomic E-state index is -1.52. The molecule has 5 rings (SSSR count). The number of amides is 3. The highest BCUT2D eigenvalue weighted by atomic mass is 35.5. The van der Waals surface area contributed by atoms with E-state index in [0.717, 1.165) is 25.4 Å². The van der Waals surface area contributed by atoms with Crippen LogP contribution in [0.4, 0.5) is 28.4 Å². The molecule has 0 radical (unpaired) electrons. The topological polar surface area (TPSA) is 128 Å². The zero-order valence-corrected chi connectivity index (χ0v) is 30.1. The van der Waals surface area contributed by atoms with Crippen LogP contribution in [0.25, 0.3) is 0 Å². The molecule has 280 valence electrons. The molecule has 3 amide bonds.